The molecule has 2 unspecified atom stereocenters. The molecule has 0 spiro atoms. The number of ether oxygens (including phenoxy) is 3. The van der Waals surface area contributed by atoms with Crippen LogP contribution in [-0.2, 0) is 28.6 Å². The maximum atomic E-state index is 11.7. The Hall–Kier alpha value is -1.67. The molecule has 0 aliphatic carbocycles. The predicted molar refractivity (Wildman–Crippen MR) is 79.3 cm³/mol. The Balaban J connectivity index is 4.91. The molecule has 8 nitrogen and oxygen atoms in total. The Labute approximate surface area is 135 Å². The molecule has 0 amide bonds. The lowest BCUT2D eigenvalue weighted by molar-refractivity contribution is -0.193. The van der Waals surface area contributed by atoms with Gasteiger partial charge >= 0.3 is 17.9 Å². The first-order chi connectivity index (χ1) is 10.8. The first-order valence-corrected chi connectivity index (χ1v) is 7.64. The van der Waals surface area contributed by atoms with E-state index in [0.717, 1.165) is 20.0 Å². The van der Waals surface area contributed by atoms with Crippen LogP contribution in [0, 0.1) is 0 Å². The van der Waals surface area contributed by atoms with Crippen molar-refractivity contribution in [2.75, 3.05) is 20.3 Å². The molecule has 8 heteroatoms. The molecule has 0 radical (unpaired) electrons. The van der Waals surface area contributed by atoms with Gasteiger partial charge in [-0.2, -0.15) is 0 Å². The lowest BCUT2D eigenvalue weighted by Gasteiger charge is -2.27. The summed E-state index contributed by atoms with van der Waals surface area (Å²) in [6.45, 7) is 3.92. The van der Waals surface area contributed by atoms with Gasteiger partial charge in [0, 0.05) is 0 Å². The van der Waals surface area contributed by atoms with Crippen LogP contribution in [-0.4, -0.2) is 60.1 Å². The van der Waals surface area contributed by atoms with Crippen molar-refractivity contribution in [1.82, 2.24) is 0 Å². The third kappa shape index (κ3) is 6.96. The molecule has 0 aliphatic heterocycles. The Morgan fingerprint density at radius 3 is 2.04 bits per heavy atom. The number of carbonyl (C=O) groups excluding carboxylic acids is 3. The highest BCUT2D eigenvalue weighted by atomic mass is 16.6. The van der Waals surface area contributed by atoms with Crippen LogP contribution in [0.4, 0.5) is 0 Å². The van der Waals surface area contributed by atoms with Crippen molar-refractivity contribution >= 4 is 17.9 Å². The molecule has 134 valence electrons. The summed E-state index contributed by atoms with van der Waals surface area (Å²) in [5.74, 6) is -3.44. The fourth-order valence-electron chi connectivity index (χ4n) is 1.65. The van der Waals surface area contributed by atoms with Crippen LogP contribution in [0.3, 0.4) is 0 Å². The molecule has 0 heterocycles. The highest BCUT2D eigenvalue weighted by molar-refractivity contribution is 5.92. The van der Waals surface area contributed by atoms with Gasteiger partial charge in [-0.1, -0.05) is 26.7 Å². The largest absolute Gasteiger partial charge is 0.467 e. The smallest absolute Gasteiger partial charge is 0.341 e. The zero-order valence-electron chi connectivity index (χ0n) is 13.9. The second kappa shape index (κ2) is 11.0. The van der Waals surface area contributed by atoms with E-state index in [9.17, 15) is 24.6 Å². The van der Waals surface area contributed by atoms with Gasteiger partial charge in [-0.3, -0.25) is 4.79 Å². The summed E-state index contributed by atoms with van der Waals surface area (Å²) in [5.41, 5.74) is -2.75. The van der Waals surface area contributed by atoms with E-state index in [1.807, 2.05) is 13.8 Å². The molecule has 0 saturated carbocycles. The van der Waals surface area contributed by atoms with Gasteiger partial charge < -0.3 is 24.4 Å². The maximum Gasteiger partial charge on any atom is 0.341 e. The van der Waals surface area contributed by atoms with E-state index in [-0.39, 0.29) is 13.2 Å². The molecule has 0 saturated heterocycles. The van der Waals surface area contributed by atoms with Crippen molar-refractivity contribution in [3.8, 4) is 0 Å². The number of unbranched alkanes of at least 4 members (excludes halogenated alkanes) is 2. The number of aliphatic hydroxyl groups is 2. The van der Waals surface area contributed by atoms with Crippen molar-refractivity contribution < 1.29 is 38.8 Å². The SMILES string of the molecule is CCCCOC(=O)CC(O)(C(=O)OC)C(O)C(=O)OCCCC. The van der Waals surface area contributed by atoms with Crippen molar-refractivity contribution in [2.24, 2.45) is 0 Å². The van der Waals surface area contributed by atoms with Crippen LogP contribution in [0.25, 0.3) is 0 Å². The topological polar surface area (TPSA) is 119 Å². The van der Waals surface area contributed by atoms with Crippen LogP contribution in [0.15, 0.2) is 0 Å². The molecular weight excluding hydrogens is 308 g/mol. The zero-order valence-corrected chi connectivity index (χ0v) is 13.9. The van der Waals surface area contributed by atoms with Gasteiger partial charge in [-0.15, -0.1) is 0 Å². The lowest BCUT2D eigenvalue weighted by atomic mass is 9.92. The van der Waals surface area contributed by atoms with Crippen LogP contribution >= 0.6 is 0 Å². The summed E-state index contributed by atoms with van der Waals surface area (Å²) in [7, 11) is 0.963. The number of hydrogen-bond acceptors (Lipinski definition) is 8. The van der Waals surface area contributed by atoms with Crippen LogP contribution in [0.2, 0.25) is 0 Å². The van der Waals surface area contributed by atoms with Gasteiger partial charge in [0.1, 0.15) is 0 Å². The van der Waals surface area contributed by atoms with E-state index in [1.165, 1.54) is 0 Å². The Kier molecular flexibility index (Phi) is 10.2. The van der Waals surface area contributed by atoms with Crippen LogP contribution < -0.4 is 0 Å². The van der Waals surface area contributed by atoms with E-state index < -0.39 is 36.0 Å². The fourth-order valence-corrected chi connectivity index (χ4v) is 1.65. The summed E-state index contributed by atoms with van der Waals surface area (Å²) in [6.07, 6.45) is -0.425. The van der Waals surface area contributed by atoms with Gasteiger partial charge in [-0.25, -0.2) is 9.59 Å². The normalized spacial score (nSPS) is 14.5. The molecule has 0 aromatic carbocycles. The zero-order chi connectivity index (χ0) is 17.9. The molecule has 0 rings (SSSR count). The average Bonchev–Trinajstić information content (AvgIpc) is 2.53. The minimum absolute atomic E-state index is 0.0323. The Bertz CT molecular complexity index is 395. The Morgan fingerprint density at radius 2 is 1.57 bits per heavy atom. The fraction of sp³-hybridized carbons (Fsp3) is 0.800. The number of esters is 3. The third-order valence-corrected chi connectivity index (χ3v) is 3.13. The first kappa shape index (κ1) is 21.3. The molecule has 2 N–H and O–H groups in total. The molecule has 2 atom stereocenters. The van der Waals surface area contributed by atoms with Gasteiger partial charge in [0.05, 0.1) is 26.7 Å². The molecule has 0 fully saturated rings. The van der Waals surface area contributed by atoms with Gasteiger partial charge in [-0.05, 0) is 12.8 Å². The number of rotatable bonds is 11. The van der Waals surface area contributed by atoms with Crippen molar-refractivity contribution in [2.45, 2.75) is 57.7 Å². The quantitative estimate of drug-likeness (QED) is 0.315. The highest BCUT2D eigenvalue weighted by Gasteiger charge is 2.51. The maximum absolute atomic E-state index is 11.7. The molecule has 0 aromatic heterocycles. The second-order valence-electron chi connectivity index (χ2n) is 5.09. The predicted octanol–water partition coefficient (Wildman–Crippen LogP) is 0.328. The number of carbonyl (C=O) groups is 3. The number of methoxy groups -OCH3 is 1. The average molecular weight is 334 g/mol. The van der Waals surface area contributed by atoms with E-state index in [4.69, 9.17) is 9.47 Å². The monoisotopic (exact) mass is 334 g/mol. The van der Waals surface area contributed by atoms with Crippen LogP contribution in [0.1, 0.15) is 46.0 Å². The van der Waals surface area contributed by atoms with Crippen molar-refractivity contribution in [3.05, 3.63) is 0 Å². The number of hydrogen-bond donors (Lipinski definition) is 2. The minimum atomic E-state index is -2.75. The van der Waals surface area contributed by atoms with E-state index in [1.54, 1.807) is 0 Å². The summed E-state index contributed by atoms with van der Waals surface area (Å²) in [4.78, 5) is 35.1. The van der Waals surface area contributed by atoms with E-state index >= 15 is 0 Å². The van der Waals surface area contributed by atoms with E-state index in [0.29, 0.717) is 12.8 Å². The van der Waals surface area contributed by atoms with Crippen molar-refractivity contribution in [3.63, 3.8) is 0 Å². The Morgan fingerprint density at radius 1 is 1.04 bits per heavy atom. The molecule has 23 heavy (non-hydrogen) atoms. The standard InChI is InChI=1S/C15H26O8/c1-4-6-8-22-11(16)10-15(20,14(19)21-3)12(17)13(18)23-9-7-5-2/h12,17,20H,4-10H2,1-3H3. The molecular formula is C15H26O8. The third-order valence-electron chi connectivity index (χ3n) is 3.13. The van der Waals surface area contributed by atoms with Gasteiger partial charge in [0.15, 0.2) is 6.10 Å². The second-order valence-corrected chi connectivity index (χ2v) is 5.09. The first-order valence-electron chi connectivity index (χ1n) is 7.64. The van der Waals surface area contributed by atoms with Gasteiger partial charge in [0.25, 0.3) is 0 Å². The molecule has 0 bridgehead atoms. The summed E-state index contributed by atoms with van der Waals surface area (Å²) < 4.78 is 14.0. The number of aliphatic hydroxyl groups excluding tert-OH is 1. The highest BCUT2D eigenvalue weighted by Crippen LogP contribution is 2.20. The van der Waals surface area contributed by atoms with Gasteiger partial charge in [0.2, 0.25) is 5.60 Å². The summed E-state index contributed by atoms with van der Waals surface area (Å²) >= 11 is 0. The van der Waals surface area contributed by atoms with Crippen LogP contribution in [0.5, 0.6) is 0 Å². The molecule has 0 aliphatic rings. The summed E-state index contributed by atoms with van der Waals surface area (Å²) in [5, 5.41) is 20.2. The minimum Gasteiger partial charge on any atom is -0.467 e. The molecule has 0 aromatic rings. The summed E-state index contributed by atoms with van der Waals surface area (Å²) in [6, 6.07) is 0. The lowest BCUT2D eigenvalue weighted by Crippen LogP contribution is -2.55. The van der Waals surface area contributed by atoms with E-state index in [2.05, 4.69) is 4.74 Å². The van der Waals surface area contributed by atoms with Crippen molar-refractivity contribution in [1.29, 1.82) is 0 Å².